The summed E-state index contributed by atoms with van der Waals surface area (Å²) in [6.45, 7) is 4.09. The van der Waals surface area contributed by atoms with Crippen LogP contribution in [-0.2, 0) is 4.79 Å². The van der Waals surface area contributed by atoms with Gasteiger partial charge in [-0.1, -0.05) is 23.8 Å². The Morgan fingerprint density at radius 2 is 2.14 bits per heavy atom. The van der Waals surface area contributed by atoms with Gasteiger partial charge in [0.05, 0.1) is 5.92 Å². The van der Waals surface area contributed by atoms with Gasteiger partial charge in [-0.25, -0.2) is 0 Å². The normalized spacial score (nSPS) is 24.7. The summed E-state index contributed by atoms with van der Waals surface area (Å²) in [7, 11) is 0. The molecule has 0 aromatic heterocycles. The van der Waals surface area contributed by atoms with Crippen molar-refractivity contribution < 1.29 is 9.90 Å². The van der Waals surface area contributed by atoms with E-state index < -0.39 is 5.97 Å². The van der Waals surface area contributed by atoms with Crippen LogP contribution in [0.1, 0.15) is 29.0 Å². The number of carboxylic acids is 1. The van der Waals surface area contributed by atoms with E-state index in [0.29, 0.717) is 0 Å². The molecule has 2 rings (SSSR count). The van der Waals surface area contributed by atoms with Gasteiger partial charge in [-0.15, -0.1) is 0 Å². The van der Waals surface area contributed by atoms with Crippen molar-refractivity contribution in [2.45, 2.75) is 26.2 Å². The van der Waals surface area contributed by atoms with Crippen molar-refractivity contribution in [3.63, 3.8) is 0 Å². The molecule has 2 heteroatoms. The molecule has 14 heavy (non-hydrogen) atoms. The minimum absolute atomic E-state index is 0.143. The molecule has 0 spiro atoms. The van der Waals surface area contributed by atoms with Crippen molar-refractivity contribution in [3.8, 4) is 0 Å². The monoisotopic (exact) mass is 190 g/mol. The minimum atomic E-state index is -0.657. The van der Waals surface area contributed by atoms with Gasteiger partial charge in [0.15, 0.2) is 0 Å². The fraction of sp³-hybridized carbons (Fsp3) is 0.417. The molecule has 2 unspecified atom stereocenters. The standard InChI is InChI=1S/C12H14O2/c1-7-3-4-8(2)9(5-7)10-6-11(10)12(13)14/h3-5,10-11H,6H2,1-2H3,(H,13,14). The summed E-state index contributed by atoms with van der Waals surface area (Å²) in [6, 6.07) is 6.25. The number of benzene rings is 1. The molecule has 0 bridgehead atoms. The van der Waals surface area contributed by atoms with Crippen LogP contribution in [0.2, 0.25) is 0 Å². The first-order valence-corrected chi connectivity index (χ1v) is 4.89. The third-order valence-electron chi connectivity index (χ3n) is 2.94. The smallest absolute Gasteiger partial charge is 0.307 e. The van der Waals surface area contributed by atoms with Crippen LogP contribution in [0.4, 0.5) is 0 Å². The highest BCUT2D eigenvalue weighted by Crippen LogP contribution is 2.48. The number of carbonyl (C=O) groups is 1. The maximum Gasteiger partial charge on any atom is 0.307 e. The van der Waals surface area contributed by atoms with Gasteiger partial charge in [0, 0.05) is 0 Å². The van der Waals surface area contributed by atoms with E-state index in [4.69, 9.17) is 5.11 Å². The van der Waals surface area contributed by atoms with Crippen LogP contribution >= 0.6 is 0 Å². The Morgan fingerprint density at radius 3 is 2.71 bits per heavy atom. The quantitative estimate of drug-likeness (QED) is 0.778. The number of aliphatic carboxylic acids is 1. The fourth-order valence-corrected chi connectivity index (χ4v) is 1.97. The third-order valence-corrected chi connectivity index (χ3v) is 2.94. The zero-order valence-corrected chi connectivity index (χ0v) is 8.45. The Morgan fingerprint density at radius 1 is 1.43 bits per heavy atom. The number of carboxylic acid groups (broad SMARTS) is 1. The Labute approximate surface area is 83.6 Å². The van der Waals surface area contributed by atoms with E-state index in [1.54, 1.807) is 0 Å². The molecule has 1 saturated carbocycles. The van der Waals surface area contributed by atoms with Crippen molar-refractivity contribution in [3.05, 3.63) is 34.9 Å². The average molecular weight is 190 g/mol. The molecular formula is C12H14O2. The van der Waals surface area contributed by atoms with Gasteiger partial charge >= 0.3 is 5.97 Å². The van der Waals surface area contributed by atoms with E-state index in [0.717, 1.165) is 6.42 Å². The van der Waals surface area contributed by atoms with Crippen LogP contribution in [0.15, 0.2) is 18.2 Å². The first-order chi connectivity index (χ1) is 6.59. The molecule has 1 aliphatic rings. The number of hydrogen-bond donors (Lipinski definition) is 1. The van der Waals surface area contributed by atoms with Crippen LogP contribution in [0.5, 0.6) is 0 Å². The summed E-state index contributed by atoms with van der Waals surface area (Å²) in [4.78, 5) is 10.7. The van der Waals surface area contributed by atoms with Crippen molar-refractivity contribution in [2.75, 3.05) is 0 Å². The number of rotatable bonds is 2. The van der Waals surface area contributed by atoms with Gasteiger partial charge in [0.25, 0.3) is 0 Å². The lowest BCUT2D eigenvalue weighted by Gasteiger charge is -2.05. The van der Waals surface area contributed by atoms with E-state index in [-0.39, 0.29) is 11.8 Å². The Kier molecular flexibility index (Phi) is 2.06. The molecule has 0 aliphatic heterocycles. The molecule has 0 heterocycles. The zero-order valence-electron chi connectivity index (χ0n) is 8.45. The van der Waals surface area contributed by atoms with E-state index >= 15 is 0 Å². The van der Waals surface area contributed by atoms with E-state index in [1.165, 1.54) is 16.7 Å². The highest BCUT2D eigenvalue weighted by molar-refractivity contribution is 5.75. The highest BCUT2D eigenvalue weighted by atomic mass is 16.4. The van der Waals surface area contributed by atoms with Crippen LogP contribution in [-0.4, -0.2) is 11.1 Å². The first-order valence-electron chi connectivity index (χ1n) is 4.89. The molecule has 0 amide bonds. The second-order valence-electron chi connectivity index (χ2n) is 4.15. The van der Waals surface area contributed by atoms with E-state index in [1.807, 2.05) is 13.8 Å². The van der Waals surface area contributed by atoms with Gasteiger partial charge in [-0.2, -0.15) is 0 Å². The molecule has 1 aliphatic carbocycles. The van der Waals surface area contributed by atoms with Crippen LogP contribution in [0.25, 0.3) is 0 Å². The van der Waals surface area contributed by atoms with Gasteiger partial charge < -0.3 is 5.11 Å². The topological polar surface area (TPSA) is 37.3 Å². The molecule has 2 nitrogen and oxygen atoms in total. The summed E-state index contributed by atoms with van der Waals surface area (Å²) in [5.41, 5.74) is 3.64. The number of hydrogen-bond acceptors (Lipinski definition) is 1. The fourth-order valence-electron chi connectivity index (χ4n) is 1.97. The van der Waals surface area contributed by atoms with Gasteiger partial charge in [-0.3, -0.25) is 4.79 Å². The molecule has 1 aromatic rings. The summed E-state index contributed by atoms with van der Waals surface area (Å²) < 4.78 is 0. The first kappa shape index (κ1) is 9.25. The molecule has 1 N–H and O–H groups in total. The van der Waals surface area contributed by atoms with Gasteiger partial charge in [-0.05, 0) is 37.3 Å². The zero-order chi connectivity index (χ0) is 10.3. The molecule has 2 atom stereocenters. The maximum atomic E-state index is 10.7. The number of aryl methyl sites for hydroxylation is 2. The third kappa shape index (κ3) is 1.52. The molecule has 0 radical (unpaired) electrons. The SMILES string of the molecule is Cc1ccc(C)c(C2CC2C(=O)O)c1. The Hall–Kier alpha value is -1.31. The highest BCUT2D eigenvalue weighted by Gasteiger charge is 2.44. The molecular weight excluding hydrogens is 176 g/mol. The summed E-state index contributed by atoms with van der Waals surface area (Å²) in [6.07, 6.45) is 0.805. The summed E-state index contributed by atoms with van der Waals surface area (Å²) in [5, 5.41) is 8.85. The molecule has 0 saturated heterocycles. The summed E-state index contributed by atoms with van der Waals surface area (Å²) in [5.74, 6) is -0.543. The predicted octanol–water partition coefficient (Wildman–Crippen LogP) is 2.49. The van der Waals surface area contributed by atoms with Crippen LogP contribution < -0.4 is 0 Å². The lowest BCUT2D eigenvalue weighted by atomic mass is 10.0. The van der Waals surface area contributed by atoms with E-state index in [9.17, 15) is 4.79 Å². The van der Waals surface area contributed by atoms with Crippen LogP contribution in [0, 0.1) is 19.8 Å². The van der Waals surface area contributed by atoms with Crippen molar-refractivity contribution in [1.29, 1.82) is 0 Å². The second-order valence-corrected chi connectivity index (χ2v) is 4.15. The van der Waals surface area contributed by atoms with Gasteiger partial charge in [0.2, 0.25) is 0 Å². The minimum Gasteiger partial charge on any atom is -0.481 e. The van der Waals surface area contributed by atoms with Crippen molar-refractivity contribution >= 4 is 5.97 Å². The van der Waals surface area contributed by atoms with E-state index in [2.05, 4.69) is 18.2 Å². The van der Waals surface area contributed by atoms with Gasteiger partial charge in [0.1, 0.15) is 0 Å². The lowest BCUT2D eigenvalue weighted by molar-refractivity contribution is -0.138. The Balaban J connectivity index is 2.26. The van der Waals surface area contributed by atoms with Crippen LogP contribution in [0.3, 0.4) is 0 Å². The Bertz CT molecular complexity index is 382. The lowest BCUT2D eigenvalue weighted by Crippen LogP contribution is -2.00. The summed E-state index contributed by atoms with van der Waals surface area (Å²) >= 11 is 0. The van der Waals surface area contributed by atoms with Crippen molar-refractivity contribution in [2.24, 2.45) is 5.92 Å². The van der Waals surface area contributed by atoms with Crippen molar-refractivity contribution in [1.82, 2.24) is 0 Å². The average Bonchev–Trinajstić information content (AvgIpc) is 2.88. The largest absolute Gasteiger partial charge is 0.481 e. The molecule has 74 valence electrons. The second kappa shape index (κ2) is 3.12. The maximum absolute atomic E-state index is 10.7. The molecule has 1 aromatic carbocycles. The molecule has 1 fully saturated rings. The predicted molar refractivity (Wildman–Crippen MR) is 54.4 cm³/mol.